The van der Waals surface area contributed by atoms with E-state index in [9.17, 15) is 4.79 Å². The Hall–Kier alpha value is -2.19. The van der Waals surface area contributed by atoms with Crippen LogP contribution in [0, 0.1) is 6.92 Å². The summed E-state index contributed by atoms with van der Waals surface area (Å²) in [5, 5.41) is 6.28. The minimum atomic E-state index is 0.0150. The number of hydrogen-bond donors (Lipinski definition) is 1. The fraction of sp³-hybridized carbons (Fsp3) is 0.407. The number of aromatic nitrogens is 1. The zero-order valence-electron chi connectivity index (χ0n) is 19.9. The number of aryl methyl sites for hydroxylation is 1. The van der Waals surface area contributed by atoms with Crippen molar-refractivity contribution in [3.63, 3.8) is 0 Å². The predicted octanol–water partition coefficient (Wildman–Crippen LogP) is 5.07. The van der Waals surface area contributed by atoms with E-state index in [4.69, 9.17) is 0 Å². The molecule has 5 nitrogen and oxygen atoms in total. The molecule has 1 aromatic heterocycles. The maximum Gasteiger partial charge on any atom is 0.251 e. The lowest BCUT2D eigenvalue weighted by Crippen LogP contribution is -2.46. The molecule has 1 aliphatic heterocycles. The summed E-state index contributed by atoms with van der Waals surface area (Å²) in [6, 6.07) is 18.6. The van der Waals surface area contributed by atoms with Crippen molar-refractivity contribution in [3.8, 4) is 0 Å². The van der Waals surface area contributed by atoms with Crippen LogP contribution in [-0.2, 0) is 12.3 Å². The fourth-order valence-corrected chi connectivity index (χ4v) is 5.62. The van der Waals surface area contributed by atoms with Gasteiger partial charge in [-0.05, 0) is 56.1 Å². The highest BCUT2D eigenvalue weighted by atomic mass is 32.2. The van der Waals surface area contributed by atoms with E-state index in [1.807, 2.05) is 31.2 Å². The molecule has 7 heteroatoms. The van der Waals surface area contributed by atoms with Crippen LogP contribution in [-0.4, -0.2) is 60.0 Å². The van der Waals surface area contributed by atoms with Crippen LogP contribution in [0.5, 0.6) is 0 Å². The third-order valence-corrected chi connectivity index (χ3v) is 7.94. The molecule has 1 aliphatic rings. The molecule has 2 heterocycles. The van der Waals surface area contributed by atoms with Gasteiger partial charge in [-0.1, -0.05) is 30.3 Å². The number of nitrogens with zero attached hydrogens (tertiary/aromatic N) is 3. The van der Waals surface area contributed by atoms with Crippen molar-refractivity contribution in [3.05, 3.63) is 81.8 Å². The van der Waals surface area contributed by atoms with Crippen LogP contribution in [0.15, 0.2) is 64.9 Å². The van der Waals surface area contributed by atoms with Gasteiger partial charge in [0.15, 0.2) is 0 Å². The Kier molecular flexibility index (Phi) is 9.56. The first-order valence-electron chi connectivity index (χ1n) is 12.1. The van der Waals surface area contributed by atoms with E-state index in [-0.39, 0.29) is 5.91 Å². The quantitative estimate of drug-likeness (QED) is 0.298. The van der Waals surface area contributed by atoms with Crippen LogP contribution in [0.1, 0.15) is 39.5 Å². The molecule has 0 unspecified atom stereocenters. The first-order valence-corrected chi connectivity index (χ1v) is 13.9. The number of piperazine rings is 1. The topological polar surface area (TPSA) is 48.5 Å². The summed E-state index contributed by atoms with van der Waals surface area (Å²) in [5.74, 6) is 0.874. The summed E-state index contributed by atoms with van der Waals surface area (Å²) in [7, 11) is 0. The van der Waals surface area contributed by atoms with Gasteiger partial charge in [-0.15, -0.1) is 23.1 Å². The van der Waals surface area contributed by atoms with Crippen molar-refractivity contribution in [2.75, 3.05) is 39.3 Å². The molecule has 3 aromatic rings. The zero-order valence-corrected chi connectivity index (χ0v) is 21.5. The van der Waals surface area contributed by atoms with Crippen LogP contribution in [0.3, 0.4) is 0 Å². The molecule has 0 saturated carbocycles. The molecule has 2 aromatic carbocycles. The second-order valence-electron chi connectivity index (χ2n) is 8.74. The van der Waals surface area contributed by atoms with Crippen molar-refractivity contribution in [1.29, 1.82) is 0 Å². The maximum absolute atomic E-state index is 12.4. The standard InChI is InChI=1S/C27H34N4OS2/c1-22-29-25(20-33-22)21-34-26-11-9-24(10-12-26)27(32)28-13-5-6-14-30-15-17-31(18-16-30)19-23-7-3-2-4-8-23/h2-4,7-12,20H,5-6,13-19,21H2,1H3,(H,28,32). The highest BCUT2D eigenvalue weighted by molar-refractivity contribution is 7.98. The minimum Gasteiger partial charge on any atom is -0.352 e. The number of rotatable bonds is 11. The molecule has 34 heavy (non-hydrogen) atoms. The second kappa shape index (κ2) is 13.0. The summed E-state index contributed by atoms with van der Waals surface area (Å²) >= 11 is 3.43. The molecule has 1 saturated heterocycles. The Labute approximate surface area is 211 Å². The van der Waals surface area contributed by atoms with Gasteiger partial charge in [-0.3, -0.25) is 9.69 Å². The van der Waals surface area contributed by atoms with E-state index in [0.717, 1.165) is 85.6 Å². The molecular formula is C27H34N4OS2. The fourth-order valence-electron chi connectivity index (χ4n) is 4.11. The molecule has 0 atom stereocenters. The Morgan fingerprint density at radius 2 is 1.74 bits per heavy atom. The lowest BCUT2D eigenvalue weighted by molar-refractivity contribution is 0.0951. The maximum atomic E-state index is 12.4. The molecule has 1 amide bonds. The number of carbonyl (C=O) groups excluding carboxylic acids is 1. The van der Waals surface area contributed by atoms with Gasteiger partial charge in [0.05, 0.1) is 10.7 Å². The number of benzene rings is 2. The number of thioether (sulfide) groups is 1. The van der Waals surface area contributed by atoms with Gasteiger partial charge in [-0.2, -0.15) is 0 Å². The van der Waals surface area contributed by atoms with Crippen molar-refractivity contribution >= 4 is 29.0 Å². The zero-order chi connectivity index (χ0) is 23.6. The molecule has 0 radical (unpaired) electrons. The average molecular weight is 495 g/mol. The molecule has 0 aliphatic carbocycles. The molecule has 4 rings (SSSR count). The lowest BCUT2D eigenvalue weighted by atomic mass is 10.2. The first-order chi connectivity index (χ1) is 16.7. The summed E-state index contributed by atoms with van der Waals surface area (Å²) in [6.45, 7) is 9.43. The minimum absolute atomic E-state index is 0.0150. The highest BCUT2D eigenvalue weighted by Gasteiger charge is 2.16. The number of unbranched alkanes of at least 4 members (excludes halogenated alkanes) is 1. The normalized spacial score (nSPS) is 14.9. The number of hydrogen-bond acceptors (Lipinski definition) is 6. The summed E-state index contributed by atoms with van der Waals surface area (Å²) < 4.78 is 0. The van der Waals surface area contributed by atoms with E-state index >= 15 is 0 Å². The summed E-state index contributed by atoms with van der Waals surface area (Å²) in [6.07, 6.45) is 2.13. The number of thiazole rings is 1. The Bertz CT molecular complexity index is 1010. The van der Waals surface area contributed by atoms with Crippen LogP contribution in [0.4, 0.5) is 0 Å². The molecule has 0 bridgehead atoms. The Balaban J connectivity index is 1.07. The van der Waals surface area contributed by atoms with Gasteiger partial charge in [0.2, 0.25) is 0 Å². The van der Waals surface area contributed by atoms with Gasteiger partial charge < -0.3 is 10.2 Å². The van der Waals surface area contributed by atoms with E-state index in [2.05, 4.69) is 55.8 Å². The van der Waals surface area contributed by atoms with Crippen LogP contribution < -0.4 is 5.32 Å². The van der Waals surface area contributed by atoms with Gasteiger partial charge >= 0.3 is 0 Å². The van der Waals surface area contributed by atoms with E-state index in [1.54, 1.807) is 23.1 Å². The average Bonchev–Trinajstić information content (AvgIpc) is 3.29. The Morgan fingerprint density at radius 1 is 1.00 bits per heavy atom. The van der Waals surface area contributed by atoms with Gasteiger partial charge in [0.1, 0.15) is 0 Å². The smallest absolute Gasteiger partial charge is 0.251 e. The third kappa shape index (κ3) is 7.94. The van der Waals surface area contributed by atoms with E-state index in [1.165, 1.54) is 5.56 Å². The molecular weight excluding hydrogens is 460 g/mol. The highest BCUT2D eigenvalue weighted by Crippen LogP contribution is 2.23. The number of carbonyl (C=O) groups is 1. The SMILES string of the molecule is Cc1nc(CSc2ccc(C(=O)NCCCCN3CCN(Cc4ccccc4)CC3)cc2)cs1. The predicted molar refractivity (Wildman–Crippen MR) is 143 cm³/mol. The summed E-state index contributed by atoms with van der Waals surface area (Å²) in [4.78, 5) is 23.2. The second-order valence-corrected chi connectivity index (χ2v) is 10.8. The third-order valence-electron chi connectivity index (χ3n) is 6.07. The molecule has 0 spiro atoms. The Morgan fingerprint density at radius 3 is 2.44 bits per heavy atom. The van der Waals surface area contributed by atoms with Crippen molar-refractivity contribution < 1.29 is 4.79 Å². The van der Waals surface area contributed by atoms with Crippen LogP contribution in [0.25, 0.3) is 0 Å². The van der Waals surface area contributed by atoms with E-state index in [0.29, 0.717) is 0 Å². The van der Waals surface area contributed by atoms with Gasteiger partial charge in [0, 0.05) is 60.9 Å². The van der Waals surface area contributed by atoms with Crippen LogP contribution in [0.2, 0.25) is 0 Å². The molecule has 180 valence electrons. The number of nitrogens with one attached hydrogen (secondary N) is 1. The van der Waals surface area contributed by atoms with Gasteiger partial charge in [0.25, 0.3) is 5.91 Å². The van der Waals surface area contributed by atoms with Gasteiger partial charge in [-0.25, -0.2) is 4.98 Å². The van der Waals surface area contributed by atoms with Crippen LogP contribution >= 0.6 is 23.1 Å². The first kappa shape index (κ1) is 24.9. The monoisotopic (exact) mass is 494 g/mol. The molecule has 1 N–H and O–H groups in total. The molecule has 1 fully saturated rings. The number of amides is 1. The summed E-state index contributed by atoms with van der Waals surface area (Å²) in [5.41, 5.74) is 3.23. The van der Waals surface area contributed by atoms with Crippen molar-refractivity contribution in [2.24, 2.45) is 0 Å². The lowest BCUT2D eigenvalue weighted by Gasteiger charge is -2.34. The van der Waals surface area contributed by atoms with E-state index < -0.39 is 0 Å². The van der Waals surface area contributed by atoms with Crippen molar-refractivity contribution in [2.45, 2.75) is 37.0 Å². The van der Waals surface area contributed by atoms with Crippen molar-refractivity contribution in [1.82, 2.24) is 20.1 Å². The largest absolute Gasteiger partial charge is 0.352 e.